The molecule has 1 saturated carbocycles. The maximum Gasteiger partial charge on any atom is 0.407 e. The minimum absolute atomic E-state index is 0.253. The van der Waals surface area contributed by atoms with Crippen molar-refractivity contribution >= 4 is 6.09 Å². The number of carbonyl (C=O) groups is 1. The van der Waals surface area contributed by atoms with Crippen molar-refractivity contribution in [3.05, 3.63) is 12.7 Å². The lowest BCUT2D eigenvalue weighted by Gasteiger charge is -2.29. The summed E-state index contributed by atoms with van der Waals surface area (Å²) in [6.45, 7) is 5.00. The van der Waals surface area contributed by atoms with Gasteiger partial charge in [0.25, 0.3) is 0 Å². The summed E-state index contributed by atoms with van der Waals surface area (Å²) in [6.07, 6.45) is 7.59. The van der Waals surface area contributed by atoms with E-state index in [2.05, 4.69) is 11.9 Å². The first-order chi connectivity index (χ1) is 8.27. The van der Waals surface area contributed by atoms with Crippen LogP contribution in [0, 0.1) is 11.8 Å². The van der Waals surface area contributed by atoms with Crippen molar-refractivity contribution in [2.24, 2.45) is 17.6 Å². The second-order valence-corrected chi connectivity index (χ2v) is 4.66. The molecule has 0 aromatic heterocycles. The van der Waals surface area contributed by atoms with Gasteiger partial charge in [-0.2, -0.15) is 0 Å². The highest BCUT2D eigenvalue weighted by atomic mass is 16.5. The molecule has 0 unspecified atom stereocenters. The van der Waals surface area contributed by atoms with Gasteiger partial charge in [0.1, 0.15) is 6.61 Å². The third-order valence-electron chi connectivity index (χ3n) is 3.46. The van der Waals surface area contributed by atoms with E-state index in [0.717, 1.165) is 0 Å². The molecule has 17 heavy (non-hydrogen) atoms. The number of hydrogen-bond acceptors (Lipinski definition) is 3. The van der Waals surface area contributed by atoms with Crippen LogP contribution in [0.5, 0.6) is 0 Å². The Hall–Kier alpha value is -1.03. The van der Waals surface area contributed by atoms with Crippen LogP contribution in [0.3, 0.4) is 0 Å². The number of ether oxygens (including phenoxy) is 1. The smallest absolute Gasteiger partial charge is 0.407 e. The van der Waals surface area contributed by atoms with Crippen LogP contribution in [-0.4, -0.2) is 25.8 Å². The summed E-state index contributed by atoms with van der Waals surface area (Å²) in [5, 5.41) is 2.78. The van der Waals surface area contributed by atoms with Gasteiger partial charge in [-0.15, -0.1) is 0 Å². The second kappa shape index (κ2) is 8.12. The Bertz CT molecular complexity index is 238. The fourth-order valence-electron chi connectivity index (χ4n) is 2.45. The highest BCUT2D eigenvalue weighted by Crippen LogP contribution is 2.29. The predicted molar refractivity (Wildman–Crippen MR) is 68.7 cm³/mol. The number of alkyl carbamates (subject to hydrolysis) is 1. The van der Waals surface area contributed by atoms with E-state index >= 15 is 0 Å². The summed E-state index contributed by atoms with van der Waals surface area (Å²) in [4.78, 5) is 11.3. The molecule has 0 aliphatic heterocycles. The summed E-state index contributed by atoms with van der Waals surface area (Å²) in [6, 6.07) is 0. The average Bonchev–Trinajstić information content (AvgIpc) is 2.38. The molecule has 0 bridgehead atoms. The van der Waals surface area contributed by atoms with E-state index < -0.39 is 0 Å². The van der Waals surface area contributed by atoms with E-state index in [1.54, 1.807) is 6.08 Å². The Morgan fingerprint density at radius 1 is 1.47 bits per heavy atom. The van der Waals surface area contributed by atoms with Crippen molar-refractivity contribution in [2.45, 2.75) is 32.1 Å². The molecule has 1 atom stereocenters. The quantitative estimate of drug-likeness (QED) is 0.698. The number of rotatable bonds is 6. The van der Waals surface area contributed by atoms with Crippen LogP contribution in [-0.2, 0) is 4.74 Å². The molecule has 1 aliphatic carbocycles. The Morgan fingerprint density at radius 2 is 2.18 bits per heavy atom. The maximum atomic E-state index is 11.3. The Balaban J connectivity index is 2.25. The third kappa shape index (κ3) is 5.22. The Kier molecular flexibility index (Phi) is 6.70. The van der Waals surface area contributed by atoms with Gasteiger partial charge in [0.2, 0.25) is 0 Å². The van der Waals surface area contributed by atoms with Gasteiger partial charge in [-0.25, -0.2) is 4.79 Å². The largest absolute Gasteiger partial charge is 0.445 e. The maximum absolute atomic E-state index is 11.3. The molecule has 0 heterocycles. The van der Waals surface area contributed by atoms with Gasteiger partial charge in [-0.3, -0.25) is 0 Å². The predicted octanol–water partition coefficient (Wildman–Crippen LogP) is 2.05. The van der Waals surface area contributed by atoms with Crippen molar-refractivity contribution in [1.29, 1.82) is 0 Å². The lowest BCUT2D eigenvalue weighted by molar-refractivity contribution is 0.152. The molecular weight excluding hydrogens is 216 g/mol. The third-order valence-corrected chi connectivity index (χ3v) is 3.46. The molecule has 1 amide bonds. The first-order valence-electron chi connectivity index (χ1n) is 6.49. The molecule has 4 nitrogen and oxygen atoms in total. The fourth-order valence-corrected chi connectivity index (χ4v) is 2.45. The summed E-state index contributed by atoms with van der Waals surface area (Å²) >= 11 is 0. The highest BCUT2D eigenvalue weighted by molar-refractivity contribution is 5.67. The van der Waals surface area contributed by atoms with Gasteiger partial charge < -0.3 is 15.8 Å². The zero-order chi connectivity index (χ0) is 12.5. The van der Waals surface area contributed by atoms with E-state index in [1.165, 1.54) is 32.1 Å². The zero-order valence-electron chi connectivity index (χ0n) is 10.5. The van der Waals surface area contributed by atoms with Crippen molar-refractivity contribution in [3.63, 3.8) is 0 Å². The zero-order valence-corrected chi connectivity index (χ0v) is 10.5. The summed E-state index contributed by atoms with van der Waals surface area (Å²) in [5.74, 6) is 1.04. The van der Waals surface area contributed by atoms with Crippen LogP contribution >= 0.6 is 0 Å². The van der Waals surface area contributed by atoms with E-state index in [9.17, 15) is 4.79 Å². The van der Waals surface area contributed by atoms with Gasteiger partial charge in [0, 0.05) is 6.54 Å². The average molecular weight is 240 g/mol. The molecule has 0 spiro atoms. The SMILES string of the molecule is C=CCOC(=O)NC[C@@H](CN)C1CCCCC1. The minimum Gasteiger partial charge on any atom is -0.445 e. The molecule has 1 aliphatic rings. The minimum atomic E-state index is -0.376. The first-order valence-corrected chi connectivity index (χ1v) is 6.49. The monoisotopic (exact) mass is 240 g/mol. The van der Waals surface area contributed by atoms with Gasteiger partial charge in [0.05, 0.1) is 0 Å². The van der Waals surface area contributed by atoms with Crippen LogP contribution < -0.4 is 11.1 Å². The van der Waals surface area contributed by atoms with Crippen LogP contribution in [0.25, 0.3) is 0 Å². The standard InChI is InChI=1S/C13H24N2O2/c1-2-8-17-13(16)15-10-12(9-14)11-6-4-3-5-7-11/h2,11-12H,1,3-10,14H2,(H,15,16)/t12-/m1/s1. The number of carbonyl (C=O) groups excluding carboxylic acids is 1. The van der Waals surface area contributed by atoms with Crippen LogP contribution in [0.1, 0.15) is 32.1 Å². The lowest BCUT2D eigenvalue weighted by atomic mass is 9.80. The summed E-state index contributed by atoms with van der Waals surface area (Å²) in [5.41, 5.74) is 5.78. The van der Waals surface area contributed by atoms with Crippen LogP contribution in [0.4, 0.5) is 4.79 Å². The normalized spacial score (nSPS) is 18.4. The molecule has 0 radical (unpaired) electrons. The number of nitrogens with two attached hydrogens (primary N) is 1. The Morgan fingerprint density at radius 3 is 2.76 bits per heavy atom. The number of hydrogen-bond donors (Lipinski definition) is 2. The summed E-state index contributed by atoms with van der Waals surface area (Å²) < 4.78 is 4.86. The summed E-state index contributed by atoms with van der Waals surface area (Å²) in [7, 11) is 0. The molecule has 0 aromatic carbocycles. The first kappa shape index (κ1) is 14.0. The fraction of sp³-hybridized carbons (Fsp3) is 0.769. The van der Waals surface area contributed by atoms with E-state index in [4.69, 9.17) is 10.5 Å². The lowest BCUT2D eigenvalue weighted by Crippen LogP contribution is -2.37. The number of amides is 1. The van der Waals surface area contributed by atoms with Crippen molar-refractivity contribution in [3.8, 4) is 0 Å². The van der Waals surface area contributed by atoms with Crippen LogP contribution in [0.2, 0.25) is 0 Å². The van der Waals surface area contributed by atoms with E-state index in [1.807, 2.05) is 0 Å². The topological polar surface area (TPSA) is 64.3 Å². The molecule has 98 valence electrons. The highest BCUT2D eigenvalue weighted by Gasteiger charge is 2.22. The molecule has 1 rings (SSSR count). The molecule has 4 heteroatoms. The van der Waals surface area contributed by atoms with Gasteiger partial charge in [0.15, 0.2) is 0 Å². The van der Waals surface area contributed by atoms with Gasteiger partial charge in [-0.05, 0) is 18.4 Å². The number of nitrogens with one attached hydrogen (secondary N) is 1. The Labute approximate surface area is 104 Å². The van der Waals surface area contributed by atoms with E-state index in [0.29, 0.717) is 24.9 Å². The van der Waals surface area contributed by atoms with E-state index in [-0.39, 0.29) is 12.7 Å². The molecular formula is C13H24N2O2. The van der Waals surface area contributed by atoms with Gasteiger partial charge >= 0.3 is 6.09 Å². The second-order valence-electron chi connectivity index (χ2n) is 4.66. The molecule has 3 N–H and O–H groups in total. The molecule has 0 aromatic rings. The van der Waals surface area contributed by atoms with Crippen LogP contribution in [0.15, 0.2) is 12.7 Å². The van der Waals surface area contributed by atoms with Crippen molar-refractivity contribution < 1.29 is 9.53 Å². The van der Waals surface area contributed by atoms with Gasteiger partial charge in [-0.1, -0.05) is 44.8 Å². The van der Waals surface area contributed by atoms with Crippen molar-refractivity contribution in [1.82, 2.24) is 5.32 Å². The molecule has 1 fully saturated rings. The van der Waals surface area contributed by atoms with Crippen molar-refractivity contribution in [2.75, 3.05) is 19.7 Å². The molecule has 0 saturated heterocycles.